The fourth-order valence-corrected chi connectivity index (χ4v) is 2.34. The van der Waals surface area contributed by atoms with Gasteiger partial charge in [0.05, 0.1) is 0 Å². The van der Waals surface area contributed by atoms with E-state index in [1.807, 2.05) is 60.7 Å². The lowest BCUT2D eigenvalue weighted by Crippen LogP contribution is -2.41. The van der Waals surface area contributed by atoms with Crippen molar-refractivity contribution in [2.75, 3.05) is 7.11 Å². The number of esters is 1. The van der Waals surface area contributed by atoms with Crippen LogP contribution >= 0.6 is 0 Å². The molecule has 0 unspecified atom stereocenters. The normalized spacial score (nSPS) is 12.9. The molecule has 5 heteroatoms. The molecule has 0 bridgehead atoms. The van der Waals surface area contributed by atoms with Gasteiger partial charge in [0.15, 0.2) is 12.3 Å². The number of methoxy groups -OCH3 is 1. The lowest BCUT2D eigenvalue weighted by atomic mass is 10.1. The first-order valence-electron chi connectivity index (χ1n) is 7.69. The predicted octanol–water partition coefficient (Wildman–Crippen LogP) is 2.62. The molecule has 0 fully saturated rings. The van der Waals surface area contributed by atoms with E-state index in [2.05, 4.69) is 5.32 Å². The van der Waals surface area contributed by atoms with Crippen LogP contribution in [0.2, 0.25) is 0 Å². The molecule has 2 aromatic rings. The number of hydrogen-bond acceptors (Lipinski definition) is 4. The SMILES string of the molecule is CO[C@H](NC(=O)[C@H](Cc1ccccc1)OC(C)=O)c1ccccc1. The summed E-state index contributed by atoms with van der Waals surface area (Å²) in [6, 6.07) is 18.7. The van der Waals surface area contributed by atoms with Gasteiger partial charge in [-0.15, -0.1) is 0 Å². The summed E-state index contributed by atoms with van der Waals surface area (Å²) in [4.78, 5) is 23.9. The fraction of sp³-hybridized carbons (Fsp3) is 0.263. The van der Waals surface area contributed by atoms with Crippen LogP contribution < -0.4 is 5.32 Å². The van der Waals surface area contributed by atoms with Gasteiger partial charge >= 0.3 is 5.97 Å². The van der Waals surface area contributed by atoms with Gasteiger partial charge in [0.1, 0.15) is 0 Å². The van der Waals surface area contributed by atoms with Crippen molar-refractivity contribution in [3.63, 3.8) is 0 Å². The molecule has 2 atom stereocenters. The summed E-state index contributed by atoms with van der Waals surface area (Å²) in [5.74, 6) is -0.899. The van der Waals surface area contributed by atoms with Crippen LogP contribution in [0.25, 0.3) is 0 Å². The summed E-state index contributed by atoms with van der Waals surface area (Å²) >= 11 is 0. The number of carbonyl (C=O) groups is 2. The molecular formula is C19H21NO4. The number of ether oxygens (including phenoxy) is 2. The molecule has 0 aliphatic rings. The molecule has 0 spiro atoms. The van der Waals surface area contributed by atoms with E-state index in [1.165, 1.54) is 14.0 Å². The number of hydrogen-bond donors (Lipinski definition) is 1. The largest absolute Gasteiger partial charge is 0.452 e. The molecule has 1 amide bonds. The smallest absolute Gasteiger partial charge is 0.303 e. The lowest BCUT2D eigenvalue weighted by molar-refractivity contribution is -0.155. The Bertz CT molecular complexity index is 658. The average molecular weight is 327 g/mol. The van der Waals surface area contributed by atoms with Crippen molar-refractivity contribution in [2.24, 2.45) is 0 Å². The minimum absolute atomic E-state index is 0.303. The van der Waals surface area contributed by atoms with Crippen LogP contribution in [-0.4, -0.2) is 25.1 Å². The summed E-state index contributed by atoms with van der Waals surface area (Å²) in [7, 11) is 1.51. The van der Waals surface area contributed by atoms with E-state index in [0.29, 0.717) is 6.42 Å². The first-order valence-corrected chi connectivity index (χ1v) is 7.69. The van der Waals surface area contributed by atoms with E-state index in [9.17, 15) is 9.59 Å². The van der Waals surface area contributed by atoms with Crippen molar-refractivity contribution in [1.82, 2.24) is 5.32 Å². The van der Waals surface area contributed by atoms with E-state index >= 15 is 0 Å². The Kier molecular flexibility index (Phi) is 6.51. The third kappa shape index (κ3) is 5.21. The van der Waals surface area contributed by atoms with Gasteiger partial charge in [0, 0.05) is 26.0 Å². The predicted molar refractivity (Wildman–Crippen MR) is 90.0 cm³/mol. The summed E-state index contributed by atoms with van der Waals surface area (Å²) in [5.41, 5.74) is 1.72. The molecule has 0 saturated heterocycles. The van der Waals surface area contributed by atoms with Crippen molar-refractivity contribution in [3.05, 3.63) is 71.8 Å². The Morgan fingerprint density at radius 2 is 1.58 bits per heavy atom. The Balaban J connectivity index is 2.10. The van der Waals surface area contributed by atoms with Crippen LogP contribution in [-0.2, 0) is 25.5 Å². The zero-order chi connectivity index (χ0) is 17.4. The van der Waals surface area contributed by atoms with E-state index in [1.54, 1.807) is 0 Å². The Morgan fingerprint density at radius 3 is 2.12 bits per heavy atom. The van der Waals surface area contributed by atoms with Crippen LogP contribution in [0.1, 0.15) is 24.3 Å². The third-order valence-corrected chi connectivity index (χ3v) is 3.48. The van der Waals surface area contributed by atoms with Gasteiger partial charge in [-0.05, 0) is 5.56 Å². The van der Waals surface area contributed by atoms with E-state index in [4.69, 9.17) is 9.47 Å². The number of nitrogens with one attached hydrogen (secondary N) is 1. The van der Waals surface area contributed by atoms with E-state index in [0.717, 1.165) is 11.1 Å². The first-order chi connectivity index (χ1) is 11.6. The third-order valence-electron chi connectivity index (χ3n) is 3.48. The maximum Gasteiger partial charge on any atom is 0.303 e. The zero-order valence-electron chi connectivity index (χ0n) is 13.8. The molecule has 0 heterocycles. The molecule has 0 saturated carbocycles. The van der Waals surface area contributed by atoms with E-state index < -0.39 is 24.2 Å². The van der Waals surface area contributed by atoms with Gasteiger partial charge in [-0.1, -0.05) is 60.7 Å². The summed E-state index contributed by atoms with van der Waals surface area (Å²) in [5, 5.41) is 2.77. The molecule has 24 heavy (non-hydrogen) atoms. The van der Waals surface area contributed by atoms with Crippen molar-refractivity contribution >= 4 is 11.9 Å². The second-order valence-corrected chi connectivity index (χ2v) is 5.32. The Hall–Kier alpha value is -2.66. The highest BCUT2D eigenvalue weighted by molar-refractivity contribution is 5.83. The van der Waals surface area contributed by atoms with Crippen molar-refractivity contribution in [2.45, 2.75) is 25.7 Å². The topological polar surface area (TPSA) is 64.6 Å². The van der Waals surface area contributed by atoms with Gasteiger partial charge in [-0.3, -0.25) is 9.59 Å². The molecule has 5 nitrogen and oxygen atoms in total. The minimum Gasteiger partial charge on any atom is -0.452 e. The van der Waals surface area contributed by atoms with Crippen molar-refractivity contribution < 1.29 is 19.1 Å². The molecule has 0 radical (unpaired) electrons. The minimum atomic E-state index is -0.911. The van der Waals surface area contributed by atoms with Gasteiger partial charge in [-0.25, -0.2) is 0 Å². The Morgan fingerprint density at radius 1 is 1.00 bits per heavy atom. The lowest BCUT2D eigenvalue weighted by Gasteiger charge is -2.22. The standard InChI is InChI=1S/C19H21NO4/c1-14(21)24-17(13-15-9-5-3-6-10-15)18(22)20-19(23-2)16-11-7-4-8-12-16/h3-12,17,19H,13H2,1-2H3,(H,20,22)/t17-,19-/m0/s1. The average Bonchev–Trinajstić information content (AvgIpc) is 2.60. The molecule has 126 valence electrons. The first kappa shape index (κ1) is 17.7. The van der Waals surface area contributed by atoms with Crippen LogP contribution in [0.3, 0.4) is 0 Å². The quantitative estimate of drug-likeness (QED) is 0.627. The number of rotatable bonds is 7. The van der Waals surface area contributed by atoms with Crippen molar-refractivity contribution in [3.8, 4) is 0 Å². The number of amides is 1. The fourth-order valence-electron chi connectivity index (χ4n) is 2.34. The van der Waals surface area contributed by atoms with Gasteiger partial charge in [0.25, 0.3) is 5.91 Å². The summed E-state index contributed by atoms with van der Waals surface area (Å²) in [6.45, 7) is 1.29. The monoisotopic (exact) mass is 327 g/mol. The molecule has 2 rings (SSSR count). The highest BCUT2D eigenvalue weighted by atomic mass is 16.5. The molecular weight excluding hydrogens is 306 g/mol. The molecule has 0 aliphatic heterocycles. The molecule has 0 aliphatic carbocycles. The van der Waals surface area contributed by atoms with Crippen LogP contribution in [0, 0.1) is 0 Å². The molecule has 1 N–H and O–H groups in total. The molecule has 2 aromatic carbocycles. The second kappa shape index (κ2) is 8.84. The number of carbonyl (C=O) groups excluding carboxylic acids is 2. The number of benzene rings is 2. The van der Waals surface area contributed by atoms with Gasteiger partial charge in [0.2, 0.25) is 0 Å². The van der Waals surface area contributed by atoms with Crippen LogP contribution in [0.15, 0.2) is 60.7 Å². The molecule has 0 aromatic heterocycles. The van der Waals surface area contributed by atoms with Crippen LogP contribution in [0.4, 0.5) is 0 Å². The van der Waals surface area contributed by atoms with Crippen molar-refractivity contribution in [1.29, 1.82) is 0 Å². The van der Waals surface area contributed by atoms with Gasteiger partial charge < -0.3 is 14.8 Å². The maximum atomic E-state index is 12.6. The van der Waals surface area contributed by atoms with Crippen LogP contribution in [0.5, 0.6) is 0 Å². The van der Waals surface area contributed by atoms with E-state index in [-0.39, 0.29) is 0 Å². The highest BCUT2D eigenvalue weighted by Gasteiger charge is 2.25. The summed E-state index contributed by atoms with van der Waals surface area (Å²) in [6.07, 6.45) is -1.21. The summed E-state index contributed by atoms with van der Waals surface area (Å²) < 4.78 is 10.5. The highest BCUT2D eigenvalue weighted by Crippen LogP contribution is 2.14. The second-order valence-electron chi connectivity index (χ2n) is 5.32. The maximum absolute atomic E-state index is 12.6. The Labute approximate surface area is 141 Å². The zero-order valence-corrected chi connectivity index (χ0v) is 13.8. The van der Waals surface area contributed by atoms with Gasteiger partial charge in [-0.2, -0.15) is 0 Å².